The second-order valence-corrected chi connectivity index (χ2v) is 6.28. The summed E-state index contributed by atoms with van der Waals surface area (Å²) in [6.45, 7) is 2.91. The van der Waals surface area contributed by atoms with Crippen LogP contribution in [0.3, 0.4) is 0 Å². The molecule has 1 aliphatic heterocycles. The maximum absolute atomic E-state index is 13.2. The number of halogens is 1. The predicted molar refractivity (Wildman–Crippen MR) is 105 cm³/mol. The summed E-state index contributed by atoms with van der Waals surface area (Å²) >= 11 is 0. The van der Waals surface area contributed by atoms with Crippen LogP contribution in [0.1, 0.15) is 19.8 Å². The predicted octanol–water partition coefficient (Wildman–Crippen LogP) is 1.99. The van der Waals surface area contributed by atoms with Crippen LogP contribution in [0.5, 0.6) is 5.75 Å². The van der Waals surface area contributed by atoms with E-state index in [0.29, 0.717) is 30.0 Å². The molecule has 0 atom stereocenters. The summed E-state index contributed by atoms with van der Waals surface area (Å²) in [5, 5.41) is 13.3. The van der Waals surface area contributed by atoms with E-state index in [9.17, 15) is 9.59 Å². The molecule has 0 unspecified atom stereocenters. The first-order valence-corrected chi connectivity index (χ1v) is 8.53. The lowest BCUT2D eigenvalue weighted by atomic mass is 9.87. The Hall–Kier alpha value is -2.58. The van der Waals surface area contributed by atoms with Crippen LogP contribution in [0.25, 0.3) is 0 Å². The number of piperidine rings is 1. The Balaban J connectivity index is 0.00000261. The molecule has 27 heavy (non-hydrogen) atoms. The second kappa shape index (κ2) is 8.88. The smallest absolute Gasteiger partial charge is 0.252 e. The SMILES string of the molecule is COc1ccc(NC(=O)C2(n3cccn3)CCNCC2)cc1NC(C)=O.Cl. The molecule has 1 saturated heterocycles. The van der Waals surface area contributed by atoms with Crippen LogP contribution in [-0.4, -0.2) is 41.8 Å². The number of hydrogen-bond donors (Lipinski definition) is 3. The molecule has 9 heteroatoms. The second-order valence-electron chi connectivity index (χ2n) is 6.28. The molecule has 3 rings (SSSR count). The monoisotopic (exact) mass is 393 g/mol. The molecule has 1 aromatic heterocycles. The van der Waals surface area contributed by atoms with Gasteiger partial charge in [-0.05, 0) is 50.2 Å². The van der Waals surface area contributed by atoms with Gasteiger partial charge < -0.3 is 20.7 Å². The van der Waals surface area contributed by atoms with Crippen LogP contribution >= 0.6 is 12.4 Å². The Morgan fingerprint density at radius 1 is 1.26 bits per heavy atom. The third-order valence-corrected chi connectivity index (χ3v) is 4.56. The average Bonchev–Trinajstić information content (AvgIpc) is 3.17. The number of rotatable bonds is 5. The van der Waals surface area contributed by atoms with Gasteiger partial charge in [-0.25, -0.2) is 0 Å². The van der Waals surface area contributed by atoms with Crippen molar-refractivity contribution in [3.8, 4) is 5.75 Å². The maximum atomic E-state index is 13.2. The lowest BCUT2D eigenvalue weighted by Gasteiger charge is -2.36. The van der Waals surface area contributed by atoms with Crippen molar-refractivity contribution in [1.29, 1.82) is 0 Å². The number of nitrogens with one attached hydrogen (secondary N) is 3. The normalized spacial score (nSPS) is 15.3. The number of hydrogen-bond acceptors (Lipinski definition) is 5. The number of carbonyl (C=O) groups is 2. The van der Waals surface area contributed by atoms with E-state index in [1.165, 1.54) is 14.0 Å². The van der Waals surface area contributed by atoms with Gasteiger partial charge in [0.15, 0.2) is 0 Å². The molecule has 2 heterocycles. The number of anilines is 2. The molecule has 0 spiro atoms. The van der Waals surface area contributed by atoms with E-state index in [1.807, 2.05) is 12.3 Å². The number of amides is 2. The number of nitrogens with zero attached hydrogens (tertiary/aromatic N) is 2. The molecule has 1 fully saturated rings. The summed E-state index contributed by atoms with van der Waals surface area (Å²) in [4.78, 5) is 24.6. The van der Waals surface area contributed by atoms with Crippen LogP contribution in [0.4, 0.5) is 11.4 Å². The van der Waals surface area contributed by atoms with Gasteiger partial charge in [-0.3, -0.25) is 14.3 Å². The van der Waals surface area contributed by atoms with Crippen molar-refractivity contribution in [2.75, 3.05) is 30.8 Å². The molecule has 2 amide bonds. The molecule has 0 aliphatic carbocycles. The summed E-state index contributed by atoms with van der Waals surface area (Å²) in [6.07, 6.45) is 4.80. The average molecular weight is 394 g/mol. The minimum absolute atomic E-state index is 0. The number of benzene rings is 1. The molecule has 0 bridgehead atoms. The zero-order chi connectivity index (χ0) is 18.6. The van der Waals surface area contributed by atoms with Crippen LogP contribution in [0, 0.1) is 0 Å². The fourth-order valence-corrected chi connectivity index (χ4v) is 3.24. The van der Waals surface area contributed by atoms with Crippen molar-refractivity contribution in [1.82, 2.24) is 15.1 Å². The molecular weight excluding hydrogens is 370 g/mol. The molecule has 1 aliphatic rings. The zero-order valence-corrected chi connectivity index (χ0v) is 16.1. The van der Waals surface area contributed by atoms with E-state index < -0.39 is 5.54 Å². The van der Waals surface area contributed by atoms with Crippen LogP contribution < -0.4 is 20.7 Å². The van der Waals surface area contributed by atoms with Gasteiger partial charge in [-0.15, -0.1) is 12.4 Å². The van der Waals surface area contributed by atoms with Crippen LogP contribution in [-0.2, 0) is 15.1 Å². The number of methoxy groups -OCH3 is 1. The third-order valence-electron chi connectivity index (χ3n) is 4.56. The number of ether oxygens (including phenoxy) is 1. The lowest BCUT2D eigenvalue weighted by molar-refractivity contribution is -0.126. The lowest BCUT2D eigenvalue weighted by Crippen LogP contribution is -2.52. The standard InChI is InChI=1S/C18H23N5O3.ClH/c1-13(24)21-15-12-14(4-5-16(15)26-2)22-17(25)18(6-9-19-10-7-18)23-11-3-8-20-23;/h3-5,8,11-12,19H,6-7,9-10H2,1-2H3,(H,21,24)(H,22,25);1H. The highest BCUT2D eigenvalue weighted by molar-refractivity contribution is 5.98. The quantitative estimate of drug-likeness (QED) is 0.721. The van der Waals surface area contributed by atoms with Crippen molar-refractivity contribution in [2.45, 2.75) is 25.3 Å². The highest BCUT2D eigenvalue weighted by atomic mass is 35.5. The van der Waals surface area contributed by atoms with Crippen molar-refractivity contribution < 1.29 is 14.3 Å². The van der Waals surface area contributed by atoms with Crippen molar-refractivity contribution >= 4 is 35.6 Å². The Bertz CT molecular complexity index is 788. The van der Waals surface area contributed by atoms with E-state index in [-0.39, 0.29) is 24.2 Å². The van der Waals surface area contributed by atoms with Gasteiger partial charge in [0.1, 0.15) is 11.3 Å². The van der Waals surface area contributed by atoms with Crippen molar-refractivity contribution in [2.24, 2.45) is 0 Å². The summed E-state index contributed by atoms with van der Waals surface area (Å²) in [5.74, 6) is 0.196. The van der Waals surface area contributed by atoms with Gasteiger partial charge in [-0.2, -0.15) is 5.10 Å². The highest BCUT2D eigenvalue weighted by Gasteiger charge is 2.42. The Labute approximate surface area is 164 Å². The van der Waals surface area contributed by atoms with Crippen LogP contribution in [0.2, 0.25) is 0 Å². The molecule has 0 saturated carbocycles. The Kier molecular flexibility index (Phi) is 6.81. The molecule has 0 radical (unpaired) electrons. The van der Waals surface area contributed by atoms with Gasteiger partial charge in [0.2, 0.25) is 5.91 Å². The minimum atomic E-state index is -0.733. The van der Waals surface area contributed by atoms with E-state index in [4.69, 9.17) is 4.74 Å². The van der Waals surface area contributed by atoms with E-state index >= 15 is 0 Å². The van der Waals surface area contributed by atoms with Gasteiger partial charge >= 0.3 is 0 Å². The van der Waals surface area contributed by atoms with E-state index in [2.05, 4.69) is 21.0 Å². The fourth-order valence-electron chi connectivity index (χ4n) is 3.24. The van der Waals surface area contributed by atoms with Crippen LogP contribution in [0.15, 0.2) is 36.7 Å². The van der Waals surface area contributed by atoms with Gasteiger partial charge in [0.05, 0.1) is 12.8 Å². The molecule has 1 aromatic carbocycles. The molecule has 3 N–H and O–H groups in total. The molecule has 146 valence electrons. The van der Waals surface area contributed by atoms with Gasteiger partial charge in [0.25, 0.3) is 5.91 Å². The van der Waals surface area contributed by atoms with Gasteiger partial charge in [-0.1, -0.05) is 0 Å². The molecule has 8 nitrogen and oxygen atoms in total. The first-order chi connectivity index (χ1) is 12.5. The Morgan fingerprint density at radius 3 is 2.59 bits per heavy atom. The van der Waals surface area contributed by atoms with E-state index in [0.717, 1.165) is 13.1 Å². The summed E-state index contributed by atoms with van der Waals surface area (Å²) in [6, 6.07) is 6.97. The number of aromatic nitrogens is 2. The fraction of sp³-hybridized carbons (Fsp3) is 0.389. The summed E-state index contributed by atoms with van der Waals surface area (Å²) < 4.78 is 6.99. The molecule has 2 aromatic rings. The van der Waals surface area contributed by atoms with Crippen molar-refractivity contribution in [3.05, 3.63) is 36.7 Å². The highest BCUT2D eigenvalue weighted by Crippen LogP contribution is 2.31. The topological polar surface area (TPSA) is 97.3 Å². The minimum Gasteiger partial charge on any atom is -0.495 e. The molecular formula is C18H24ClN5O3. The van der Waals surface area contributed by atoms with E-state index in [1.54, 1.807) is 29.1 Å². The first kappa shape index (κ1) is 20.7. The third kappa shape index (κ3) is 4.40. The largest absolute Gasteiger partial charge is 0.495 e. The van der Waals surface area contributed by atoms with Gasteiger partial charge in [0, 0.05) is 25.0 Å². The Morgan fingerprint density at radius 2 is 2.00 bits per heavy atom. The summed E-state index contributed by atoms with van der Waals surface area (Å²) in [5.41, 5.74) is 0.365. The maximum Gasteiger partial charge on any atom is 0.252 e. The zero-order valence-electron chi connectivity index (χ0n) is 15.3. The first-order valence-electron chi connectivity index (χ1n) is 8.53. The summed E-state index contributed by atoms with van der Waals surface area (Å²) in [7, 11) is 1.53. The number of carbonyl (C=O) groups excluding carboxylic acids is 2. The van der Waals surface area contributed by atoms with Crippen molar-refractivity contribution in [3.63, 3.8) is 0 Å².